The first-order valence-corrected chi connectivity index (χ1v) is 6.42. The number of hydrogen-bond acceptors (Lipinski definition) is 2. The summed E-state index contributed by atoms with van der Waals surface area (Å²) >= 11 is 1.61. The smallest absolute Gasteiger partial charge is 0.229 e. The number of carbonyl (C=O) groups is 1. The first-order chi connectivity index (χ1) is 8.15. The maximum Gasteiger partial charge on any atom is 0.229 e. The van der Waals surface area contributed by atoms with Gasteiger partial charge >= 0.3 is 0 Å². The van der Waals surface area contributed by atoms with Gasteiger partial charge in [0.05, 0.1) is 6.42 Å². The van der Waals surface area contributed by atoms with Crippen LogP contribution in [0.3, 0.4) is 0 Å². The summed E-state index contributed by atoms with van der Waals surface area (Å²) in [5, 5.41) is 4.90. The van der Waals surface area contributed by atoms with E-state index in [-0.39, 0.29) is 5.91 Å². The fourth-order valence-corrected chi connectivity index (χ4v) is 2.30. The van der Waals surface area contributed by atoms with E-state index in [0.717, 1.165) is 10.6 Å². The summed E-state index contributed by atoms with van der Waals surface area (Å²) in [4.78, 5) is 12.9. The Balaban J connectivity index is 2.00. The number of aryl methyl sites for hydroxylation is 2. The van der Waals surface area contributed by atoms with Gasteiger partial charge in [0, 0.05) is 10.6 Å². The predicted molar refractivity (Wildman–Crippen MR) is 72.6 cm³/mol. The molecule has 0 aliphatic heterocycles. The van der Waals surface area contributed by atoms with Gasteiger partial charge < -0.3 is 5.32 Å². The molecule has 0 aliphatic carbocycles. The molecule has 2 rings (SSSR count). The second kappa shape index (κ2) is 5.15. The van der Waals surface area contributed by atoms with E-state index in [0.29, 0.717) is 6.42 Å². The van der Waals surface area contributed by atoms with Gasteiger partial charge in [-0.3, -0.25) is 4.79 Å². The van der Waals surface area contributed by atoms with E-state index < -0.39 is 0 Å². The molecule has 0 atom stereocenters. The van der Waals surface area contributed by atoms with Crippen molar-refractivity contribution in [3.63, 3.8) is 0 Å². The van der Waals surface area contributed by atoms with Crippen molar-refractivity contribution in [3.05, 3.63) is 51.7 Å². The zero-order valence-corrected chi connectivity index (χ0v) is 10.8. The highest BCUT2D eigenvalue weighted by atomic mass is 32.1. The molecule has 0 fully saturated rings. The molecule has 1 aromatic carbocycles. The third kappa shape index (κ3) is 3.17. The second-order valence-electron chi connectivity index (χ2n) is 4.10. The molecule has 1 N–H and O–H groups in total. The van der Waals surface area contributed by atoms with E-state index in [1.807, 2.05) is 42.6 Å². The van der Waals surface area contributed by atoms with E-state index in [2.05, 4.69) is 12.2 Å². The standard InChI is InChI=1S/C14H15NOS/c1-10-5-6-12(8-11(10)2)15-14(16)9-13-4-3-7-17-13/h3-8H,9H2,1-2H3,(H,15,16). The lowest BCUT2D eigenvalue weighted by atomic mass is 10.1. The SMILES string of the molecule is Cc1ccc(NC(=O)Cc2cccs2)cc1C. The molecule has 1 amide bonds. The average Bonchev–Trinajstić information content (AvgIpc) is 2.76. The molecule has 1 aromatic heterocycles. The summed E-state index contributed by atoms with van der Waals surface area (Å²) in [5.41, 5.74) is 3.30. The number of rotatable bonds is 3. The Hall–Kier alpha value is -1.61. The molecule has 0 aliphatic rings. The van der Waals surface area contributed by atoms with Crippen molar-refractivity contribution >= 4 is 22.9 Å². The molecule has 0 spiro atoms. The molecular weight excluding hydrogens is 230 g/mol. The highest BCUT2D eigenvalue weighted by Crippen LogP contribution is 2.15. The molecule has 2 nitrogen and oxygen atoms in total. The van der Waals surface area contributed by atoms with E-state index in [9.17, 15) is 4.79 Å². The maximum atomic E-state index is 11.8. The molecule has 17 heavy (non-hydrogen) atoms. The molecule has 2 aromatic rings. The van der Waals surface area contributed by atoms with Gasteiger partial charge in [-0.15, -0.1) is 11.3 Å². The lowest BCUT2D eigenvalue weighted by molar-refractivity contribution is -0.115. The van der Waals surface area contributed by atoms with Gasteiger partial charge in [-0.25, -0.2) is 0 Å². The molecule has 0 unspecified atom stereocenters. The normalized spacial score (nSPS) is 10.2. The lowest BCUT2D eigenvalue weighted by Crippen LogP contribution is -2.13. The van der Waals surface area contributed by atoms with Crippen molar-refractivity contribution < 1.29 is 4.79 Å². The largest absolute Gasteiger partial charge is 0.326 e. The number of anilines is 1. The summed E-state index contributed by atoms with van der Waals surface area (Å²) < 4.78 is 0. The van der Waals surface area contributed by atoms with Crippen LogP contribution in [-0.2, 0) is 11.2 Å². The predicted octanol–water partition coefficient (Wildman–Crippen LogP) is 3.55. The van der Waals surface area contributed by atoms with Gasteiger partial charge in [0.1, 0.15) is 0 Å². The zero-order chi connectivity index (χ0) is 12.3. The van der Waals surface area contributed by atoms with Crippen molar-refractivity contribution in [2.24, 2.45) is 0 Å². The van der Waals surface area contributed by atoms with Crippen LogP contribution in [0.5, 0.6) is 0 Å². The van der Waals surface area contributed by atoms with Crippen LogP contribution in [0.2, 0.25) is 0 Å². The fourth-order valence-electron chi connectivity index (χ4n) is 1.60. The number of nitrogens with one attached hydrogen (secondary N) is 1. The lowest BCUT2D eigenvalue weighted by Gasteiger charge is -2.07. The quantitative estimate of drug-likeness (QED) is 0.880. The Bertz CT molecular complexity index is 517. The first kappa shape index (κ1) is 11.9. The van der Waals surface area contributed by atoms with Crippen LogP contribution in [0.15, 0.2) is 35.7 Å². The Morgan fingerprint density at radius 3 is 2.71 bits per heavy atom. The highest BCUT2D eigenvalue weighted by molar-refractivity contribution is 7.10. The van der Waals surface area contributed by atoms with E-state index >= 15 is 0 Å². The molecule has 0 radical (unpaired) electrons. The Kier molecular flexibility index (Phi) is 3.59. The summed E-state index contributed by atoms with van der Waals surface area (Å²) in [6.45, 7) is 4.11. The molecule has 0 bridgehead atoms. The fraction of sp³-hybridized carbons (Fsp3) is 0.214. The minimum Gasteiger partial charge on any atom is -0.326 e. The van der Waals surface area contributed by atoms with Gasteiger partial charge in [0.15, 0.2) is 0 Å². The Morgan fingerprint density at radius 2 is 2.06 bits per heavy atom. The monoisotopic (exact) mass is 245 g/mol. The van der Waals surface area contributed by atoms with Gasteiger partial charge in [-0.05, 0) is 48.6 Å². The van der Waals surface area contributed by atoms with E-state index in [1.165, 1.54) is 11.1 Å². The van der Waals surface area contributed by atoms with Gasteiger partial charge in [-0.1, -0.05) is 12.1 Å². The number of benzene rings is 1. The Labute approximate surface area is 105 Å². The van der Waals surface area contributed by atoms with Gasteiger partial charge in [0.25, 0.3) is 0 Å². The van der Waals surface area contributed by atoms with Crippen LogP contribution in [0.25, 0.3) is 0 Å². The van der Waals surface area contributed by atoms with Crippen molar-refractivity contribution in [1.29, 1.82) is 0 Å². The minimum absolute atomic E-state index is 0.0377. The number of hydrogen-bond donors (Lipinski definition) is 1. The van der Waals surface area contributed by atoms with Crippen LogP contribution in [0, 0.1) is 13.8 Å². The summed E-state index contributed by atoms with van der Waals surface area (Å²) in [6.07, 6.45) is 0.449. The molecule has 0 saturated carbocycles. The molecule has 88 valence electrons. The number of carbonyl (C=O) groups excluding carboxylic acids is 1. The van der Waals surface area contributed by atoms with Crippen molar-refractivity contribution in [1.82, 2.24) is 0 Å². The topological polar surface area (TPSA) is 29.1 Å². The van der Waals surface area contributed by atoms with E-state index in [1.54, 1.807) is 11.3 Å². The minimum atomic E-state index is 0.0377. The van der Waals surface area contributed by atoms with Crippen molar-refractivity contribution in [2.75, 3.05) is 5.32 Å². The van der Waals surface area contributed by atoms with Crippen LogP contribution in [0.4, 0.5) is 5.69 Å². The maximum absolute atomic E-state index is 11.8. The third-order valence-corrected chi connectivity index (χ3v) is 3.58. The average molecular weight is 245 g/mol. The molecule has 0 saturated heterocycles. The summed E-state index contributed by atoms with van der Waals surface area (Å²) in [7, 11) is 0. The van der Waals surface area contributed by atoms with Crippen molar-refractivity contribution in [3.8, 4) is 0 Å². The molecule has 1 heterocycles. The van der Waals surface area contributed by atoms with Gasteiger partial charge in [-0.2, -0.15) is 0 Å². The van der Waals surface area contributed by atoms with E-state index in [4.69, 9.17) is 0 Å². The first-order valence-electron chi connectivity index (χ1n) is 5.54. The molecular formula is C14H15NOS. The number of amides is 1. The van der Waals surface area contributed by atoms with Gasteiger partial charge in [0.2, 0.25) is 5.91 Å². The van der Waals surface area contributed by atoms with Crippen molar-refractivity contribution in [2.45, 2.75) is 20.3 Å². The second-order valence-corrected chi connectivity index (χ2v) is 5.14. The van der Waals surface area contributed by atoms with Crippen LogP contribution >= 0.6 is 11.3 Å². The van der Waals surface area contributed by atoms with Crippen LogP contribution in [-0.4, -0.2) is 5.91 Å². The molecule has 3 heteroatoms. The summed E-state index contributed by atoms with van der Waals surface area (Å²) in [6, 6.07) is 9.90. The van der Waals surface area contributed by atoms with Crippen LogP contribution < -0.4 is 5.32 Å². The third-order valence-electron chi connectivity index (χ3n) is 2.71. The van der Waals surface area contributed by atoms with Crippen LogP contribution in [0.1, 0.15) is 16.0 Å². The number of thiophene rings is 1. The highest BCUT2D eigenvalue weighted by Gasteiger charge is 2.05. The summed E-state index contributed by atoms with van der Waals surface area (Å²) in [5.74, 6) is 0.0377. The Morgan fingerprint density at radius 1 is 1.24 bits per heavy atom. The zero-order valence-electron chi connectivity index (χ0n) is 9.99.